The number of benzene rings is 1. The van der Waals surface area contributed by atoms with Crippen LogP contribution in [-0.4, -0.2) is 59.8 Å². The summed E-state index contributed by atoms with van der Waals surface area (Å²) in [6.45, 7) is 0. The molecule has 0 aliphatic carbocycles. The van der Waals surface area contributed by atoms with Gasteiger partial charge >= 0.3 is 5.97 Å². The second-order valence-electron chi connectivity index (χ2n) is 8.56. The number of aliphatic carboxylic acids is 1. The van der Waals surface area contributed by atoms with Crippen LogP contribution in [0.5, 0.6) is 0 Å². The summed E-state index contributed by atoms with van der Waals surface area (Å²) in [5.74, 6) is -3.80. The molecule has 1 fully saturated rings. The van der Waals surface area contributed by atoms with Crippen LogP contribution in [0.4, 0.5) is 0 Å². The number of hydrogen-bond donors (Lipinski definition) is 2. The second kappa shape index (κ2) is 10.9. The Morgan fingerprint density at radius 2 is 1.62 bits per heavy atom. The molecule has 0 bridgehead atoms. The lowest BCUT2D eigenvalue weighted by Gasteiger charge is -2.27. The van der Waals surface area contributed by atoms with Crippen LogP contribution in [0.2, 0.25) is 0 Å². The number of rotatable bonds is 12. The number of fused-ring (bicyclic) bond motifs is 1. The van der Waals surface area contributed by atoms with E-state index in [0.717, 1.165) is 30.6 Å². The average Bonchev–Trinajstić information content (AvgIpc) is 3.03. The molecular formula is C23H28N2O8S. The van der Waals surface area contributed by atoms with Crippen LogP contribution >= 0.6 is 0 Å². The maximum Gasteiger partial charge on any atom is 0.303 e. The molecule has 1 aromatic rings. The highest BCUT2D eigenvalue weighted by atomic mass is 32.2. The highest BCUT2D eigenvalue weighted by Crippen LogP contribution is 2.32. The lowest BCUT2D eigenvalue weighted by atomic mass is 10.0. The van der Waals surface area contributed by atoms with Crippen molar-refractivity contribution in [3.05, 3.63) is 29.3 Å². The highest BCUT2D eigenvalue weighted by Gasteiger charge is 2.46. The van der Waals surface area contributed by atoms with Gasteiger partial charge in [0, 0.05) is 12.8 Å². The molecule has 0 spiro atoms. The van der Waals surface area contributed by atoms with Gasteiger partial charge in [-0.25, -0.2) is 8.42 Å². The van der Waals surface area contributed by atoms with E-state index < -0.39 is 45.5 Å². The number of carbonyl (C=O) groups excluding carboxylic acids is 4. The first-order chi connectivity index (χ1) is 16.1. The fourth-order valence-corrected chi connectivity index (χ4v) is 5.90. The summed E-state index contributed by atoms with van der Waals surface area (Å²) in [5.41, 5.74) is -0.271. The smallest absolute Gasteiger partial charge is 0.303 e. The number of sulfone groups is 1. The Labute approximate surface area is 197 Å². The van der Waals surface area contributed by atoms with Crippen molar-refractivity contribution in [1.29, 1.82) is 0 Å². The van der Waals surface area contributed by atoms with E-state index in [1.807, 2.05) is 0 Å². The van der Waals surface area contributed by atoms with Gasteiger partial charge in [-0.15, -0.1) is 0 Å². The van der Waals surface area contributed by atoms with Gasteiger partial charge in [0.05, 0.1) is 21.8 Å². The minimum Gasteiger partial charge on any atom is -0.481 e. The van der Waals surface area contributed by atoms with Gasteiger partial charge in [0.15, 0.2) is 9.84 Å². The van der Waals surface area contributed by atoms with Crippen LogP contribution in [0.1, 0.15) is 84.9 Å². The summed E-state index contributed by atoms with van der Waals surface area (Å²) < 4.78 is 26.0. The molecule has 0 saturated carbocycles. The number of hydrogen-bond acceptors (Lipinski definition) is 7. The minimum atomic E-state index is -3.85. The third-order valence-electron chi connectivity index (χ3n) is 6.07. The van der Waals surface area contributed by atoms with Gasteiger partial charge in [-0.05, 0) is 31.4 Å². The van der Waals surface area contributed by atoms with Crippen molar-refractivity contribution in [3.63, 3.8) is 0 Å². The number of nitrogens with zero attached hydrogens (tertiary/aromatic N) is 1. The van der Waals surface area contributed by atoms with Crippen LogP contribution < -0.4 is 5.32 Å². The van der Waals surface area contributed by atoms with Gasteiger partial charge in [0.25, 0.3) is 11.8 Å². The van der Waals surface area contributed by atoms with Crippen molar-refractivity contribution in [3.8, 4) is 0 Å². The Bertz CT molecular complexity index is 1110. The van der Waals surface area contributed by atoms with Crippen LogP contribution in [0.15, 0.2) is 23.1 Å². The zero-order valence-electron chi connectivity index (χ0n) is 18.7. The first kappa shape index (κ1) is 25.5. The normalized spacial score (nSPS) is 18.2. The summed E-state index contributed by atoms with van der Waals surface area (Å²) in [6.07, 6.45) is 5.23. The van der Waals surface area contributed by atoms with Gasteiger partial charge < -0.3 is 5.11 Å². The van der Waals surface area contributed by atoms with Gasteiger partial charge in [-0.3, -0.25) is 34.2 Å². The summed E-state index contributed by atoms with van der Waals surface area (Å²) in [4.78, 5) is 60.6. The van der Waals surface area contributed by atoms with Gasteiger partial charge in [-0.1, -0.05) is 38.2 Å². The molecule has 10 nitrogen and oxygen atoms in total. The molecule has 1 aromatic carbocycles. The Morgan fingerprint density at radius 3 is 2.26 bits per heavy atom. The fourth-order valence-electron chi connectivity index (χ4n) is 4.31. The van der Waals surface area contributed by atoms with E-state index in [1.54, 1.807) is 0 Å². The summed E-state index contributed by atoms with van der Waals surface area (Å²) in [6, 6.07) is 2.92. The zero-order chi connectivity index (χ0) is 24.9. The molecule has 11 heteroatoms. The largest absolute Gasteiger partial charge is 0.481 e. The first-order valence-electron chi connectivity index (χ1n) is 11.4. The zero-order valence-corrected chi connectivity index (χ0v) is 19.6. The molecule has 1 saturated heterocycles. The van der Waals surface area contributed by atoms with Crippen molar-refractivity contribution in [2.45, 2.75) is 75.1 Å². The van der Waals surface area contributed by atoms with E-state index in [1.165, 1.54) is 18.2 Å². The molecule has 2 N–H and O–H groups in total. The number of carboxylic acid groups (broad SMARTS) is 1. The summed E-state index contributed by atoms with van der Waals surface area (Å²) in [5, 5.41) is 10.7. The number of carboxylic acids is 1. The third-order valence-corrected chi connectivity index (χ3v) is 7.91. The Balaban J connectivity index is 1.61. The van der Waals surface area contributed by atoms with E-state index in [-0.39, 0.29) is 41.0 Å². The molecule has 3 rings (SSSR count). The molecule has 2 aliphatic rings. The molecular weight excluding hydrogens is 464 g/mol. The lowest BCUT2D eigenvalue weighted by molar-refractivity contribution is -0.138. The van der Waals surface area contributed by atoms with Crippen molar-refractivity contribution in [2.24, 2.45) is 0 Å². The Hall–Kier alpha value is -3.08. The first-order valence-corrected chi connectivity index (χ1v) is 13.1. The average molecular weight is 493 g/mol. The lowest BCUT2D eigenvalue weighted by Crippen LogP contribution is -2.54. The molecule has 2 aliphatic heterocycles. The molecule has 34 heavy (non-hydrogen) atoms. The van der Waals surface area contributed by atoms with E-state index in [0.29, 0.717) is 19.3 Å². The highest BCUT2D eigenvalue weighted by molar-refractivity contribution is 7.91. The van der Waals surface area contributed by atoms with Crippen LogP contribution in [0.3, 0.4) is 0 Å². The SMILES string of the molecule is O=C(O)CCCCCCCCCS(=O)(=O)c1cccc2c1C(=O)N(C1CCC(=O)NC1=O)C2=O. The second-order valence-corrected chi connectivity index (χ2v) is 10.6. The molecule has 4 amide bonds. The maximum atomic E-state index is 13.1. The topological polar surface area (TPSA) is 155 Å². The van der Waals surface area contributed by atoms with Gasteiger partial charge in [-0.2, -0.15) is 0 Å². The monoisotopic (exact) mass is 492 g/mol. The Morgan fingerprint density at radius 1 is 0.971 bits per heavy atom. The number of piperidine rings is 1. The molecule has 1 atom stereocenters. The molecule has 1 unspecified atom stereocenters. The van der Waals surface area contributed by atoms with Gasteiger partial charge in [0.1, 0.15) is 6.04 Å². The van der Waals surface area contributed by atoms with Crippen molar-refractivity contribution >= 4 is 39.4 Å². The number of unbranched alkanes of at least 4 members (excludes halogenated alkanes) is 6. The van der Waals surface area contributed by atoms with Crippen molar-refractivity contribution < 1.29 is 37.5 Å². The molecule has 0 radical (unpaired) electrons. The van der Waals surface area contributed by atoms with Crippen molar-refractivity contribution in [2.75, 3.05) is 5.75 Å². The number of amides is 4. The van der Waals surface area contributed by atoms with Crippen LogP contribution in [0, 0.1) is 0 Å². The predicted molar refractivity (Wildman–Crippen MR) is 120 cm³/mol. The summed E-state index contributed by atoms with van der Waals surface area (Å²) >= 11 is 0. The standard InChI is InChI=1S/C23H28N2O8S/c26-18-13-12-16(21(29)24-18)25-22(30)15-9-8-10-17(20(15)23(25)31)34(32,33)14-7-5-3-1-2-4-6-11-19(27)28/h8-10,16H,1-7,11-14H2,(H,27,28)(H,24,26,29). The quantitative estimate of drug-likeness (QED) is 0.332. The molecule has 2 heterocycles. The fraction of sp³-hybridized carbons (Fsp3) is 0.522. The maximum absolute atomic E-state index is 13.1. The molecule has 184 valence electrons. The predicted octanol–water partition coefficient (Wildman–Crippen LogP) is 2.07. The van der Waals surface area contributed by atoms with Crippen molar-refractivity contribution in [1.82, 2.24) is 10.2 Å². The number of carbonyl (C=O) groups is 5. The number of imide groups is 2. The third kappa shape index (κ3) is 5.69. The van der Waals surface area contributed by atoms with E-state index in [9.17, 15) is 32.4 Å². The van der Waals surface area contributed by atoms with E-state index in [4.69, 9.17) is 5.11 Å². The summed E-state index contributed by atoms with van der Waals surface area (Å²) in [7, 11) is -3.85. The van der Waals surface area contributed by atoms with E-state index >= 15 is 0 Å². The van der Waals surface area contributed by atoms with Crippen LogP contribution in [0.25, 0.3) is 0 Å². The van der Waals surface area contributed by atoms with Gasteiger partial charge in [0.2, 0.25) is 11.8 Å². The number of nitrogens with one attached hydrogen (secondary N) is 1. The van der Waals surface area contributed by atoms with E-state index in [2.05, 4.69) is 5.32 Å². The molecule has 0 aromatic heterocycles. The Kier molecular flexibility index (Phi) is 8.19. The van der Waals surface area contributed by atoms with Crippen LogP contribution in [-0.2, 0) is 24.2 Å². The minimum absolute atomic E-state index is 0.00543.